The third kappa shape index (κ3) is 2.36. The molecule has 0 aliphatic heterocycles. The molecule has 0 saturated heterocycles. The Kier molecular flexibility index (Phi) is 3.52. The Morgan fingerprint density at radius 1 is 1.35 bits per heavy atom. The first-order valence-electron chi connectivity index (χ1n) is 5.88. The second-order valence-corrected chi connectivity index (χ2v) is 4.48. The highest BCUT2D eigenvalue weighted by Crippen LogP contribution is 2.34. The van der Waals surface area contributed by atoms with E-state index in [0.717, 1.165) is 25.5 Å². The number of carbonyl (C=O) groups is 1. The van der Waals surface area contributed by atoms with E-state index in [1.807, 2.05) is 0 Å². The van der Waals surface area contributed by atoms with Gasteiger partial charge in [-0.05, 0) is 18.9 Å². The number of hydrogen-bond acceptors (Lipinski definition) is 3. The maximum atomic E-state index is 13.1. The van der Waals surface area contributed by atoms with Gasteiger partial charge in [0.15, 0.2) is 5.78 Å². The average Bonchev–Trinajstić information content (AvgIpc) is 2.38. The van der Waals surface area contributed by atoms with E-state index in [0.29, 0.717) is 18.4 Å². The van der Waals surface area contributed by atoms with Gasteiger partial charge >= 0.3 is 0 Å². The smallest absolute Gasteiger partial charge is 0.196 e. The normalized spacial score (nSPS) is 18.9. The highest BCUT2D eigenvalue weighted by atomic mass is 19.1. The molecule has 0 bridgehead atoms. The summed E-state index contributed by atoms with van der Waals surface area (Å²) in [5.74, 6) is -0.635. The van der Waals surface area contributed by atoms with Crippen LogP contribution in [0.1, 0.15) is 42.5 Å². The molecule has 0 radical (unpaired) electrons. The van der Waals surface area contributed by atoms with Gasteiger partial charge in [-0.15, -0.1) is 0 Å². The predicted octanol–water partition coefficient (Wildman–Crippen LogP) is 2.75. The highest BCUT2D eigenvalue weighted by Gasteiger charge is 2.40. The lowest BCUT2D eigenvalue weighted by Crippen LogP contribution is -2.42. The predicted molar refractivity (Wildman–Crippen MR) is 61.4 cm³/mol. The van der Waals surface area contributed by atoms with Crippen molar-refractivity contribution < 1.29 is 13.9 Å². The molecular weight excluding hydrogens is 221 g/mol. The van der Waals surface area contributed by atoms with Gasteiger partial charge in [-0.25, -0.2) is 4.39 Å². The number of carbonyl (C=O) groups excluding carboxylic acids is 1. The van der Waals surface area contributed by atoms with Crippen LogP contribution in [0.15, 0.2) is 18.5 Å². The topological polar surface area (TPSA) is 39.2 Å². The van der Waals surface area contributed by atoms with E-state index in [-0.39, 0.29) is 5.78 Å². The van der Waals surface area contributed by atoms with Crippen LogP contribution in [0.4, 0.5) is 4.39 Å². The maximum absolute atomic E-state index is 13.1. The second kappa shape index (κ2) is 4.92. The molecule has 1 aliphatic rings. The number of rotatable bonds is 3. The van der Waals surface area contributed by atoms with Crippen molar-refractivity contribution in [2.45, 2.75) is 37.7 Å². The average molecular weight is 237 g/mol. The van der Waals surface area contributed by atoms with Crippen molar-refractivity contribution in [3.63, 3.8) is 0 Å². The van der Waals surface area contributed by atoms with Gasteiger partial charge in [-0.2, -0.15) is 0 Å². The molecule has 4 heteroatoms. The third-order valence-corrected chi connectivity index (χ3v) is 3.43. The van der Waals surface area contributed by atoms with Crippen LogP contribution in [0.3, 0.4) is 0 Å². The van der Waals surface area contributed by atoms with Gasteiger partial charge in [-0.3, -0.25) is 9.78 Å². The summed E-state index contributed by atoms with van der Waals surface area (Å²) in [6.07, 6.45) is 6.99. The molecule has 0 unspecified atom stereocenters. The first-order chi connectivity index (χ1) is 8.18. The van der Waals surface area contributed by atoms with Crippen molar-refractivity contribution in [1.29, 1.82) is 0 Å². The molecule has 17 heavy (non-hydrogen) atoms. The largest absolute Gasteiger partial charge is 0.370 e. The van der Waals surface area contributed by atoms with Crippen LogP contribution in [0, 0.1) is 5.82 Å². The summed E-state index contributed by atoms with van der Waals surface area (Å²) in [6.45, 7) is 0. The monoisotopic (exact) mass is 237 g/mol. The molecule has 0 atom stereocenters. The molecule has 1 aliphatic carbocycles. The standard InChI is InChI=1S/C13H16FNO2/c1-17-13(5-3-2-4-6-13)12(16)10-7-11(14)9-15-8-10/h7-9H,2-6H2,1H3. The SMILES string of the molecule is COC1(C(=O)c2cncc(F)c2)CCCCC1. The zero-order chi connectivity index (χ0) is 12.3. The van der Waals surface area contributed by atoms with E-state index in [1.54, 1.807) is 7.11 Å². The van der Waals surface area contributed by atoms with Gasteiger partial charge in [-0.1, -0.05) is 19.3 Å². The zero-order valence-electron chi connectivity index (χ0n) is 9.91. The summed E-state index contributed by atoms with van der Waals surface area (Å²) in [7, 11) is 1.55. The Morgan fingerprint density at radius 2 is 2.06 bits per heavy atom. The lowest BCUT2D eigenvalue weighted by molar-refractivity contribution is -0.0194. The Bertz CT molecular complexity index is 414. The molecule has 1 aromatic rings. The van der Waals surface area contributed by atoms with Crippen molar-refractivity contribution in [2.24, 2.45) is 0 Å². The molecule has 3 nitrogen and oxygen atoms in total. The van der Waals surface area contributed by atoms with Crippen molar-refractivity contribution >= 4 is 5.78 Å². The molecule has 92 valence electrons. The number of ether oxygens (including phenoxy) is 1. The fourth-order valence-electron chi connectivity index (χ4n) is 2.45. The summed E-state index contributed by atoms with van der Waals surface area (Å²) in [4.78, 5) is 16.1. The minimum atomic E-state index is -0.770. The van der Waals surface area contributed by atoms with Gasteiger partial charge in [0.2, 0.25) is 0 Å². The van der Waals surface area contributed by atoms with Crippen LogP contribution < -0.4 is 0 Å². The first-order valence-corrected chi connectivity index (χ1v) is 5.88. The molecule has 1 saturated carbocycles. The van der Waals surface area contributed by atoms with Gasteiger partial charge in [0, 0.05) is 18.9 Å². The molecule has 1 fully saturated rings. The molecule has 1 heterocycles. The van der Waals surface area contributed by atoms with Crippen LogP contribution in [0.5, 0.6) is 0 Å². The van der Waals surface area contributed by atoms with Crippen molar-refractivity contribution in [2.75, 3.05) is 7.11 Å². The van der Waals surface area contributed by atoms with E-state index in [2.05, 4.69) is 4.98 Å². The number of hydrogen-bond donors (Lipinski definition) is 0. The number of halogens is 1. The van der Waals surface area contributed by atoms with Crippen LogP contribution in [0.2, 0.25) is 0 Å². The summed E-state index contributed by atoms with van der Waals surface area (Å²) in [5.41, 5.74) is -0.470. The minimum absolute atomic E-state index is 0.147. The fraction of sp³-hybridized carbons (Fsp3) is 0.538. The lowest BCUT2D eigenvalue weighted by Gasteiger charge is -2.34. The zero-order valence-corrected chi connectivity index (χ0v) is 9.91. The molecule has 0 spiro atoms. The molecular formula is C13H16FNO2. The number of nitrogens with zero attached hydrogens (tertiary/aromatic N) is 1. The number of aromatic nitrogens is 1. The van der Waals surface area contributed by atoms with E-state index in [9.17, 15) is 9.18 Å². The maximum Gasteiger partial charge on any atom is 0.196 e. The quantitative estimate of drug-likeness (QED) is 0.759. The number of Topliss-reactive ketones (excluding diaryl/α,β-unsaturated/α-hetero) is 1. The molecule has 0 amide bonds. The fourth-order valence-corrected chi connectivity index (χ4v) is 2.45. The van der Waals surface area contributed by atoms with E-state index in [4.69, 9.17) is 4.74 Å². The summed E-state index contributed by atoms with van der Waals surface area (Å²) < 4.78 is 18.5. The van der Waals surface area contributed by atoms with E-state index >= 15 is 0 Å². The number of pyridine rings is 1. The number of methoxy groups -OCH3 is 1. The number of ketones is 1. The van der Waals surface area contributed by atoms with Gasteiger partial charge in [0.05, 0.1) is 6.20 Å². The van der Waals surface area contributed by atoms with Crippen molar-refractivity contribution in [3.05, 3.63) is 29.8 Å². The summed E-state index contributed by atoms with van der Waals surface area (Å²) >= 11 is 0. The molecule has 0 N–H and O–H groups in total. The highest BCUT2D eigenvalue weighted by molar-refractivity contribution is 6.02. The van der Waals surface area contributed by atoms with Crippen molar-refractivity contribution in [1.82, 2.24) is 4.98 Å². The molecule has 0 aromatic carbocycles. The van der Waals surface area contributed by atoms with Crippen LogP contribution in [0.25, 0.3) is 0 Å². The van der Waals surface area contributed by atoms with Gasteiger partial charge in [0.25, 0.3) is 0 Å². The van der Waals surface area contributed by atoms with E-state index in [1.165, 1.54) is 12.3 Å². The van der Waals surface area contributed by atoms with Crippen molar-refractivity contribution in [3.8, 4) is 0 Å². The van der Waals surface area contributed by atoms with Gasteiger partial charge in [0.1, 0.15) is 11.4 Å². The first kappa shape index (κ1) is 12.2. The summed E-state index contributed by atoms with van der Waals surface area (Å²) in [6, 6.07) is 1.23. The van der Waals surface area contributed by atoms with Crippen LogP contribution in [-0.2, 0) is 4.74 Å². The Labute approximate surface area is 100 Å². The Morgan fingerprint density at radius 3 is 2.65 bits per heavy atom. The minimum Gasteiger partial charge on any atom is -0.370 e. The molecule has 1 aromatic heterocycles. The molecule has 2 rings (SSSR count). The Hall–Kier alpha value is -1.29. The van der Waals surface area contributed by atoms with E-state index < -0.39 is 11.4 Å². The van der Waals surface area contributed by atoms with Crippen LogP contribution in [-0.4, -0.2) is 23.5 Å². The second-order valence-electron chi connectivity index (χ2n) is 4.48. The lowest BCUT2D eigenvalue weighted by atomic mass is 9.79. The third-order valence-electron chi connectivity index (χ3n) is 3.43. The Balaban J connectivity index is 2.28. The van der Waals surface area contributed by atoms with Gasteiger partial charge < -0.3 is 4.74 Å². The summed E-state index contributed by atoms with van der Waals surface area (Å²) in [5, 5.41) is 0. The van der Waals surface area contributed by atoms with Crippen LogP contribution >= 0.6 is 0 Å².